The van der Waals surface area contributed by atoms with E-state index in [0.29, 0.717) is 6.54 Å². The number of furan rings is 1. The first-order valence-corrected chi connectivity index (χ1v) is 9.72. The lowest BCUT2D eigenvalue weighted by Gasteiger charge is -2.23. The number of fused-ring (bicyclic) bond motifs is 1. The molecule has 0 atom stereocenters. The molecule has 0 radical (unpaired) electrons. The Morgan fingerprint density at radius 2 is 2.07 bits per heavy atom. The third-order valence-electron chi connectivity index (χ3n) is 5.50. The topological polar surface area (TPSA) is 69.5 Å². The van der Waals surface area contributed by atoms with Gasteiger partial charge in [0.15, 0.2) is 0 Å². The van der Waals surface area contributed by atoms with Gasteiger partial charge in [-0.25, -0.2) is 9.97 Å². The number of aryl methyl sites for hydroxylation is 1. The fourth-order valence-electron chi connectivity index (χ4n) is 3.81. The molecule has 0 amide bonds. The predicted molar refractivity (Wildman–Crippen MR) is 104 cm³/mol. The van der Waals surface area contributed by atoms with Crippen molar-refractivity contribution in [2.24, 2.45) is 0 Å². The SMILES string of the molecule is Cc1c(C)n(Cc2ccco2)c2ncnc(NCCC[NH+]3CCOCC3)c12. The Labute approximate surface area is 159 Å². The Bertz CT molecular complexity index is 882. The summed E-state index contributed by atoms with van der Waals surface area (Å²) in [6.07, 6.45) is 4.48. The number of hydrogen-bond acceptors (Lipinski definition) is 5. The highest BCUT2D eigenvalue weighted by Crippen LogP contribution is 2.29. The third kappa shape index (κ3) is 3.84. The summed E-state index contributed by atoms with van der Waals surface area (Å²) in [5, 5.41) is 4.65. The van der Waals surface area contributed by atoms with Crippen LogP contribution in [0.5, 0.6) is 0 Å². The van der Waals surface area contributed by atoms with Gasteiger partial charge in [-0.3, -0.25) is 0 Å². The number of morpholine rings is 1. The first-order chi connectivity index (χ1) is 13.2. The molecule has 2 N–H and O–H groups in total. The first-order valence-electron chi connectivity index (χ1n) is 9.72. The molecule has 0 aliphatic carbocycles. The van der Waals surface area contributed by atoms with Gasteiger partial charge >= 0.3 is 0 Å². The third-order valence-corrected chi connectivity index (χ3v) is 5.50. The number of hydrogen-bond donors (Lipinski definition) is 2. The highest BCUT2D eigenvalue weighted by molar-refractivity contribution is 5.91. The quantitative estimate of drug-likeness (QED) is 0.616. The van der Waals surface area contributed by atoms with Crippen molar-refractivity contribution in [1.29, 1.82) is 0 Å². The van der Waals surface area contributed by atoms with Gasteiger partial charge in [-0.05, 0) is 31.5 Å². The van der Waals surface area contributed by atoms with Gasteiger partial charge in [0.05, 0.1) is 38.0 Å². The van der Waals surface area contributed by atoms with Crippen molar-refractivity contribution in [1.82, 2.24) is 14.5 Å². The molecule has 3 aromatic heterocycles. The van der Waals surface area contributed by atoms with Gasteiger partial charge in [0.1, 0.15) is 36.6 Å². The normalized spacial score (nSPS) is 15.5. The van der Waals surface area contributed by atoms with Crippen LogP contribution in [0, 0.1) is 13.8 Å². The van der Waals surface area contributed by atoms with Gasteiger partial charge in [-0.1, -0.05) is 0 Å². The minimum Gasteiger partial charge on any atom is -0.467 e. The second-order valence-electron chi connectivity index (χ2n) is 7.19. The van der Waals surface area contributed by atoms with E-state index in [2.05, 4.69) is 33.7 Å². The summed E-state index contributed by atoms with van der Waals surface area (Å²) in [6.45, 7) is 11.0. The van der Waals surface area contributed by atoms with Gasteiger partial charge in [-0.15, -0.1) is 0 Å². The lowest BCUT2D eigenvalue weighted by Crippen LogP contribution is -3.14. The maximum absolute atomic E-state index is 5.53. The molecule has 4 rings (SSSR count). The van der Waals surface area contributed by atoms with E-state index in [1.165, 1.54) is 17.8 Å². The molecule has 144 valence electrons. The fourth-order valence-corrected chi connectivity index (χ4v) is 3.81. The number of rotatable bonds is 7. The van der Waals surface area contributed by atoms with Crippen molar-refractivity contribution in [3.05, 3.63) is 41.7 Å². The zero-order chi connectivity index (χ0) is 18.6. The van der Waals surface area contributed by atoms with Crippen molar-refractivity contribution >= 4 is 16.9 Å². The summed E-state index contributed by atoms with van der Waals surface area (Å²) in [5.74, 6) is 1.85. The number of nitrogens with zero attached hydrogens (tertiary/aromatic N) is 3. The van der Waals surface area contributed by atoms with Gasteiger partial charge < -0.3 is 23.9 Å². The Morgan fingerprint density at radius 3 is 2.85 bits per heavy atom. The molecule has 4 heterocycles. The van der Waals surface area contributed by atoms with E-state index in [9.17, 15) is 0 Å². The number of nitrogens with one attached hydrogen (secondary N) is 2. The second kappa shape index (κ2) is 8.10. The summed E-state index contributed by atoms with van der Waals surface area (Å²) in [4.78, 5) is 10.7. The molecule has 0 spiro atoms. The molecule has 1 fully saturated rings. The molecule has 3 aromatic rings. The zero-order valence-electron chi connectivity index (χ0n) is 16.1. The van der Waals surface area contributed by atoms with Gasteiger partial charge in [0.25, 0.3) is 0 Å². The molecule has 27 heavy (non-hydrogen) atoms. The van der Waals surface area contributed by atoms with Crippen molar-refractivity contribution < 1.29 is 14.1 Å². The van der Waals surface area contributed by atoms with E-state index in [0.717, 1.165) is 61.9 Å². The molecule has 7 nitrogen and oxygen atoms in total. The predicted octanol–water partition coefficient (Wildman–Crippen LogP) is 1.41. The average molecular weight is 370 g/mol. The largest absolute Gasteiger partial charge is 0.467 e. The van der Waals surface area contributed by atoms with Crippen LogP contribution in [0.4, 0.5) is 5.82 Å². The van der Waals surface area contributed by atoms with E-state index in [1.54, 1.807) is 17.5 Å². The van der Waals surface area contributed by atoms with Gasteiger partial charge in [-0.2, -0.15) is 0 Å². The molecule has 7 heteroatoms. The summed E-state index contributed by atoms with van der Waals surface area (Å²) < 4.78 is 13.2. The standard InChI is InChI=1S/C20H27N5O2/c1-15-16(2)25(13-17-5-3-10-27-17)20-18(15)19(22-14-23-20)21-6-4-7-24-8-11-26-12-9-24/h3,5,10,14H,4,6-9,11-13H2,1-2H3,(H,21,22,23)/p+1. The summed E-state index contributed by atoms with van der Waals surface area (Å²) >= 11 is 0. The van der Waals surface area contributed by atoms with Crippen LogP contribution in [-0.4, -0.2) is 53.9 Å². The number of aromatic nitrogens is 3. The van der Waals surface area contributed by atoms with E-state index >= 15 is 0 Å². The van der Waals surface area contributed by atoms with E-state index in [4.69, 9.17) is 9.15 Å². The van der Waals surface area contributed by atoms with Gasteiger partial charge in [0.2, 0.25) is 0 Å². The Balaban J connectivity index is 1.48. The highest BCUT2D eigenvalue weighted by Gasteiger charge is 2.17. The minimum atomic E-state index is 0.681. The molecule has 1 aliphatic rings. The second-order valence-corrected chi connectivity index (χ2v) is 7.19. The molecule has 1 aliphatic heterocycles. The molecule has 1 saturated heterocycles. The first kappa shape index (κ1) is 18.0. The van der Waals surface area contributed by atoms with Crippen molar-refractivity contribution in [3.8, 4) is 0 Å². The summed E-state index contributed by atoms with van der Waals surface area (Å²) in [5.41, 5.74) is 3.37. The Kier molecular flexibility index (Phi) is 5.40. The lowest BCUT2D eigenvalue weighted by atomic mass is 10.2. The van der Waals surface area contributed by atoms with Crippen LogP contribution in [0.3, 0.4) is 0 Å². The summed E-state index contributed by atoms with van der Waals surface area (Å²) in [6, 6.07) is 3.91. The smallest absolute Gasteiger partial charge is 0.146 e. The maximum atomic E-state index is 5.53. The van der Waals surface area contributed by atoms with E-state index in [1.807, 2.05) is 12.1 Å². The molecular weight excluding hydrogens is 342 g/mol. The number of quaternary nitrogens is 1. The fraction of sp³-hybridized carbons (Fsp3) is 0.500. The molecule has 0 aromatic carbocycles. The van der Waals surface area contributed by atoms with Crippen LogP contribution in [0.25, 0.3) is 11.0 Å². The van der Waals surface area contributed by atoms with Crippen LogP contribution < -0.4 is 10.2 Å². The van der Waals surface area contributed by atoms with E-state index < -0.39 is 0 Å². The van der Waals surface area contributed by atoms with Crippen LogP contribution in [0.2, 0.25) is 0 Å². The van der Waals surface area contributed by atoms with Gasteiger partial charge in [0, 0.05) is 18.7 Å². The minimum absolute atomic E-state index is 0.681. The molecular formula is C20H28N5O2+. The number of ether oxygens (including phenoxy) is 1. The van der Waals surface area contributed by atoms with Crippen LogP contribution >= 0.6 is 0 Å². The Morgan fingerprint density at radius 1 is 1.22 bits per heavy atom. The number of anilines is 1. The van der Waals surface area contributed by atoms with Crippen molar-refractivity contribution in [2.45, 2.75) is 26.8 Å². The van der Waals surface area contributed by atoms with Crippen LogP contribution in [-0.2, 0) is 11.3 Å². The molecule has 0 saturated carbocycles. The van der Waals surface area contributed by atoms with Crippen molar-refractivity contribution in [3.63, 3.8) is 0 Å². The lowest BCUT2D eigenvalue weighted by molar-refractivity contribution is -0.908. The van der Waals surface area contributed by atoms with Crippen molar-refractivity contribution in [2.75, 3.05) is 44.7 Å². The zero-order valence-corrected chi connectivity index (χ0v) is 16.1. The highest BCUT2D eigenvalue weighted by atomic mass is 16.5. The van der Waals surface area contributed by atoms with Crippen LogP contribution in [0.1, 0.15) is 23.4 Å². The maximum Gasteiger partial charge on any atom is 0.146 e. The van der Waals surface area contributed by atoms with Crippen LogP contribution in [0.15, 0.2) is 29.1 Å². The summed E-state index contributed by atoms with van der Waals surface area (Å²) in [7, 11) is 0. The molecule has 0 bridgehead atoms. The molecule has 0 unspecified atom stereocenters. The Hall–Kier alpha value is -2.38. The average Bonchev–Trinajstić information content (AvgIpc) is 3.30. The monoisotopic (exact) mass is 370 g/mol. The van der Waals surface area contributed by atoms with E-state index in [-0.39, 0.29) is 0 Å².